The van der Waals surface area contributed by atoms with E-state index in [0.29, 0.717) is 28.7 Å². The molecule has 0 spiro atoms. The van der Waals surface area contributed by atoms with Crippen LogP contribution in [0, 0.1) is 0 Å². The van der Waals surface area contributed by atoms with E-state index in [4.69, 9.17) is 0 Å². The van der Waals surface area contributed by atoms with E-state index < -0.39 is 10.0 Å². The second kappa shape index (κ2) is 7.66. The Hall–Kier alpha value is -2.45. The van der Waals surface area contributed by atoms with Crippen molar-refractivity contribution in [1.29, 1.82) is 0 Å². The molecule has 6 nitrogen and oxygen atoms in total. The minimum atomic E-state index is -3.68. The van der Waals surface area contributed by atoms with Crippen LogP contribution in [-0.4, -0.2) is 19.3 Å². The number of nitrogens with one attached hydrogen (secondary N) is 2. The van der Waals surface area contributed by atoms with Gasteiger partial charge in [0.15, 0.2) is 5.13 Å². The summed E-state index contributed by atoms with van der Waals surface area (Å²) < 4.78 is 28.7. The van der Waals surface area contributed by atoms with Gasteiger partial charge in [0.05, 0.1) is 20.8 Å². The van der Waals surface area contributed by atoms with Crippen molar-refractivity contribution in [1.82, 2.24) is 4.98 Å². The van der Waals surface area contributed by atoms with Crippen LogP contribution < -0.4 is 10.0 Å². The summed E-state index contributed by atoms with van der Waals surface area (Å²) >= 11 is 1.35. The van der Waals surface area contributed by atoms with Crippen LogP contribution in [0.4, 0.5) is 10.8 Å². The molecule has 0 aliphatic heterocycles. The molecule has 2 aromatic carbocycles. The van der Waals surface area contributed by atoms with Crippen LogP contribution in [0.2, 0.25) is 0 Å². The second-order valence-electron chi connectivity index (χ2n) is 6.43. The minimum Gasteiger partial charge on any atom is -0.302 e. The lowest BCUT2D eigenvalue weighted by Gasteiger charge is -2.10. The Labute approximate surface area is 162 Å². The molecule has 3 aromatic rings. The summed E-state index contributed by atoms with van der Waals surface area (Å²) in [4.78, 5) is 16.1. The molecular formula is C19H21N3O3S2. The molecule has 1 amide bonds. The number of amides is 1. The molecule has 0 fully saturated rings. The summed E-state index contributed by atoms with van der Waals surface area (Å²) in [5, 5.41) is 3.22. The number of aromatic nitrogens is 1. The summed E-state index contributed by atoms with van der Waals surface area (Å²) in [6.45, 7) is 5.88. The first kappa shape index (κ1) is 19.3. The van der Waals surface area contributed by atoms with Gasteiger partial charge in [0.25, 0.3) is 10.0 Å². The van der Waals surface area contributed by atoms with Crippen LogP contribution in [0.25, 0.3) is 10.2 Å². The number of nitrogens with zero attached hydrogens (tertiary/aromatic N) is 1. The highest BCUT2D eigenvalue weighted by molar-refractivity contribution is 7.92. The number of hydrogen-bond donors (Lipinski definition) is 2. The van der Waals surface area contributed by atoms with Crippen molar-refractivity contribution in [2.75, 3.05) is 10.0 Å². The Kier molecular flexibility index (Phi) is 5.48. The third-order valence-corrected chi connectivity index (χ3v) is 6.41. The van der Waals surface area contributed by atoms with Crippen LogP contribution in [0.3, 0.4) is 0 Å². The maximum atomic E-state index is 12.6. The second-order valence-corrected chi connectivity index (χ2v) is 9.15. The third kappa shape index (κ3) is 4.45. The van der Waals surface area contributed by atoms with Crippen molar-refractivity contribution in [2.45, 2.75) is 38.0 Å². The average Bonchev–Trinajstić information content (AvgIpc) is 3.02. The summed E-state index contributed by atoms with van der Waals surface area (Å²) in [5.74, 6) is 0.226. The van der Waals surface area contributed by atoms with E-state index in [1.807, 2.05) is 12.1 Å². The van der Waals surface area contributed by atoms with Gasteiger partial charge in [-0.15, -0.1) is 0 Å². The van der Waals surface area contributed by atoms with Crippen molar-refractivity contribution >= 4 is 48.3 Å². The predicted octanol–water partition coefficient (Wildman–Crippen LogP) is 4.57. The lowest BCUT2D eigenvalue weighted by molar-refractivity contribution is -0.115. The van der Waals surface area contributed by atoms with Crippen molar-refractivity contribution in [3.63, 3.8) is 0 Å². The molecule has 1 aromatic heterocycles. The molecule has 0 saturated carbocycles. The fraction of sp³-hybridized carbons (Fsp3) is 0.263. The van der Waals surface area contributed by atoms with E-state index in [9.17, 15) is 13.2 Å². The number of rotatable bonds is 6. The van der Waals surface area contributed by atoms with Gasteiger partial charge in [-0.2, -0.15) is 0 Å². The van der Waals surface area contributed by atoms with Gasteiger partial charge in [-0.3, -0.25) is 9.52 Å². The van der Waals surface area contributed by atoms with Gasteiger partial charge in [0, 0.05) is 6.42 Å². The van der Waals surface area contributed by atoms with Gasteiger partial charge in [0.2, 0.25) is 5.91 Å². The van der Waals surface area contributed by atoms with E-state index in [2.05, 4.69) is 28.9 Å². The Morgan fingerprint density at radius 1 is 1.15 bits per heavy atom. The zero-order valence-corrected chi connectivity index (χ0v) is 16.9. The standard InChI is InChI=1S/C19H21N3O3S2/c1-4-18(23)21-19-20-16-11-14(7-10-17(16)26-19)22-27(24,25)15-8-5-13(6-9-15)12(2)3/h5-12,22H,4H2,1-3H3,(H,20,21,23). The lowest BCUT2D eigenvalue weighted by atomic mass is 10.0. The van der Waals surface area contributed by atoms with Gasteiger partial charge in [-0.05, 0) is 41.8 Å². The number of fused-ring (bicyclic) bond motifs is 1. The highest BCUT2D eigenvalue weighted by atomic mass is 32.2. The summed E-state index contributed by atoms with van der Waals surface area (Å²) in [5.41, 5.74) is 2.13. The minimum absolute atomic E-state index is 0.111. The zero-order valence-electron chi connectivity index (χ0n) is 15.3. The van der Waals surface area contributed by atoms with Crippen molar-refractivity contribution < 1.29 is 13.2 Å². The zero-order chi connectivity index (χ0) is 19.6. The van der Waals surface area contributed by atoms with Crippen LogP contribution in [0.1, 0.15) is 38.7 Å². The highest BCUT2D eigenvalue weighted by Crippen LogP contribution is 2.29. The van der Waals surface area contributed by atoms with Crippen LogP contribution in [0.15, 0.2) is 47.4 Å². The van der Waals surface area contributed by atoms with Crippen molar-refractivity contribution in [2.24, 2.45) is 0 Å². The molecule has 0 bridgehead atoms. The van der Waals surface area contributed by atoms with Gasteiger partial charge >= 0.3 is 0 Å². The van der Waals surface area contributed by atoms with Gasteiger partial charge in [-0.1, -0.05) is 44.2 Å². The normalized spacial score (nSPS) is 11.7. The van der Waals surface area contributed by atoms with E-state index >= 15 is 0 Å². The van der Waals surface area contributed by atoms with E-state index in [0.717, 1.165) is 10.3 Å². The number of hydrogen-bond acceptors (Lipinski definition) is 5. The number of carbonyl (C=O) groups is 1. The number of benzene rings is 2. The third-order valence-electron chi connectivity index (χ3n) is 4.06. The molecule has 3 rings (SSSR count). The summed E-state index contributed by atoms with van der Waals surface area (Å²) in [7, 11) is -3.68. The largest absolute Gasteiger partial charge is 0.302 e. The Bertz CT molecular complexity index is 1070. The Morgan fingerprint density at radius 3 is 2.48 bits per heavy atom. The SMILES string of the molecule is CCC(=O)Nc1nc2cc(NS(=O)(=O)c3ccc(C(C)C)cc3)ccc2s1. The van der Waals surface area contributed by atoms with E-state index in [1.165, 1.54) is 11.3 Å². The van der Waals surface area contributed by atoms with Crippen LogP contribution >= 0.6 is 11.3 Å². The first-order valence-corrected chi connectivity index (χ1v) is 10.9. The number of thiazole rings is 1. The molecule has 0 saturated heterocycles. The summed E-state index contributed by atoms with van der Waals surface area (Å²) in [6, 6.07) is 12.0. The predicted molar refractivity (Wildman–Crippen MR) is 110 cm³/mol. The fourth-order valence-electron chi connectivity index (χ4n) is 2.50. The molecule has 2 N–H and O–H groups in total. The number of anilines is 2. The fourth-order valence-corrected chi connectivity index (χ4v) is 4.41. The lowest BCUT2D eigenvalue weighted by Crippen LogP contribution is -2.13. The molecular weight excluding hydrogens is 382 g/mol. The average molecular weight is 404 g/mol. The molecule has 142 valence electrons. The number of sulfonamides is 1. The Morgan fingerprint density at radius 2 is 1.85 bits per heavy atom. The van der Waals surface area contributed by atoms with Crippen LogP contribution in [0.5, 0.6) is 0 Å². The first-order chi connectivity index (χ1) is 12.8. The summed E-state index contributed by atoms with van der Waals surface area (Å²) in [6.07, 6.45) is 0.372. The molecule has 0 aliphatic rings. The molecule has 0 radical (unpaired) electrons. The maximum absolute atomic E-state index is 12.6. The smallest absolute Gasteiger partial charge is 0.261 e. The number of carbonyl (C=O) groups excluding carboxylic acids is 1. The highest BCUT2D eigenvalue weighted by Gasteiger charge is 2.15. The Balaban J connectivity index is 1.83. The molecule has 1 heterocycles. The van der Waals surface area contributed by atoms with E-state index in [1.54, 1.807) is 37.3 Å². The van der Waals surface area contributed by atoms with Crippen molar-refractivity contribution in [3.05, 3.63) is 48.0 Å². The van der Waals surface area contributed by atoms with Crippen LogP contribution in [-0.2, 0) is 14.8 Å². The van der Waals surface area contributed by atoms with Crippen molar-refractivity contribution in [3.8, 4) is 0 Å². The van der Waals surface area contributed by atoms with Gasteiger partial charge < -0.3 is 5.32 Å². The van der Waals surface area contributed by atoms with Gasteiger partial charge in [-0.25, -0.2) is 13.4 Å². The molecule has 0 atom stereocenters. The molecule has 0 aliphatic carbocycles. The molecule has 8 heteroatoms. The van der Waals surface area contributed by atoms with Gasteiger partial charge in [0.1, 0.15) is 0 Å². The quantitative estimate of drug-likeness (QED) is 0.631. The van der Waals surface area contributed by atoms with E-state index in [-0.39, 0.29) is 10.8 Å². The monoisotopic (exact) mass is 403 g/mol. The maximum Gasteiger partial charge on any atom is 0.261 e. The first-order valence-electron chi connectivity index (χ1n) is 8.61. The molecule has 0 unspecified atom stereocenters. The molecule has 27 heavy (non-hydrogen) atoms. The topological polar surface area (TPSA) is 88.2 Å².